The highest BCUT2D eigenvalue weighted by Crippen LogP contribution is 2.13. The molecule has 0 fully saturated rings. The highest BCUT2D eigenvalue weighted by atomic mass is 127. The Balaban J connectivity index is 2.70. The van der Waals surface area contributed by atoms with E-state index in [1.165, 1.54) is 4.90 Å². The molecular weight excluding hydrogens is 333 g/mol. The van der Waals surface area contributed by atoms with E-state index in [0.29, 0.717) is 12.2 Å². The van der Waals surface area contributed by atoms with Gasteiger partial charge in [0.25, 0.3) is 5.91 Å². The van der Waals surface area contributed by atoms with Crippen molar-refractivity contribution >= 4 is 34.5 Å². The molecule has 1 amide bonds. The average molecular weight is 347 g/mol. The van der Waals surface area contributed by atoms with Crippen LogP contribution in [-0.2, 0) is 9.53 Å². The molecule has 1 rings (SSSR count). The number of esters is 1. The van der Waals surface area contributed by atoms with Gasteiger partial charge >= 0.3 is 5.97 Å². The minimum absolute atomic E-state index is 0.0301. The molecule has 1 aromatic rings. The van der Waals surface area contributed by atoms with Gasteiger partial charge in [0, 0.05) is 10.6 Å². The molecule has 0 radical (unpaired) electrons. The third kappa shape index (κ3) is 3.99. The second kappa shape index (κ2) is 6.58. The fourth-order valence-electron chi connectivity index (χ4n) is 1.31. The lowest BCUT2D eigenvalue weighted by Gasteiger charge is -2.16. The predicted octanol–water partition coefficient (Wildman–Crippen LogP) is 1.93. The zero-order chi connectivity index (χ0) is 12.8. The number of carbonyl (C=O) groups is 2. The molecule has 0 aliphatic rings. The summed E-state index contributed by atoms with van der Waals surface area (Å²) in [6.07, 6.45) is 0. The van der Waals surface area contributed by atoms with E-state index >= 15 is 0 Å². The number of carbonyl (C=O) groups excluding carboxylic acids is 2. The lowest BCUT2D eigenvalue weighted by Crippen LogP contribution is -2.33. The molecule has 0 spiro atoms. The first-order chi connectivity index (χ1) is 8.06. The number of hydrogen-bond donors (Lipinski definition) is 0. The van der Waals surface area contributed by atoms with Gasteiger partial charge in [0.15, 0.2) is 0 Å². The van der Waals surface area contributed by atoms with Gasteiger partial charge in [-0.15, -0.1) is 0 Å². The van der Waals surface area contributed by atoms with Crippen LogP contribution in [0.15, 0.2) is 24.3 Å². The molecule has 0 heterocycles. The summed E-state index contributed by atoms with van der Waals surface area (Å²) in [5, 5.41) is 0. The number of benzene rings is 1. The minimum atomic E-state index is -0.394. The summed E-state index contributed by atoms with van der Waals surface area (Å²) in [5.41, 5.74) is 0.597. The minimum Gasteiger partial charge on any atom is -0.465 e. The van der Waals surface area contributed by atoms with Crippen molar-refractivity contribution in [3.63, 3.8) is 0 Å². The van der Waals surface area contributed by atoms with Crippen molar-refractivity contribution in [2.75, 3.05) is 20.2 Å². The lowest BCUT2D eigenvalue weighted by molar-refractivity contribution is -0.143. The summed E-state index contributed by atoms with van der Waals surface area (Å²) in [6, 6.07) is 7.26. The summed E-state index contributed by atoms with van der Waals surface area (Å²) in [6.45, 7) is 2.03. The van der Waals surface area contributed by atoms with Gasteiger partial charge in [-0.2, -0.15) is 0 Å². The van der Waals surface area contributed by atoms with Crippen LogP contribution in [-0.4, -0.2) is 37.0 Å². The SMILES string of the molecule is CCOC(=O)CN(C)C(=O)c1ccccc1I. The molecular formula is C12H14INO3. The van der Waals surface area contributed by atoms with E-state index in [-0.39, 0.29) is 12.5 Å². The summed E-state index contributed by atoms with van der Waals surface area (Å²) in [4.78, 5) is 24.6. The molecule has 4 nitrogen and oxygen atoms in total. The zero-order valence-electron chi connectivity index (χ0n) is 9.77. The molecule has 0 saturated carbocycles. The van der Waals surface area contributed by atoms with Crippen LogP contribution in [0.1, 0.15) is 17.3 Å². The molecule has 5 heteroatoms. The number of amides is 1. The maximum Gasteiger partial charge on any atom is 0.325 e. The fraction of sp³-hybridized carbons (Fsp3) is 0.333. The van der Waals surface area contributed by atoms with Crippen LogP contribution in [0.4, 0.5) is 0 Å². The third-order valence-electron chi connectivity index (χ3n) is 2.12. The van der Waals surface area contributed by atoms with E-state index in [9.17, 15) is 9.59 Å². The van der Waals surface area contributed by atoms with Gasteiger partial charge in [-0.1, -0.05) is 12.1 Å². The van der Waals surface area contributed by atoms with Crippen LogP contribution < -0.4 is 0 Å². The first-order valence-electron chi connectivity index (χ1n) is 5.22. The van der Waals surface area contributed by atoms with E-state index in [0.717, 1.165) is 3.57 Å². The molecule has 0 aliphatic carbocycles. The Kier molecular flexibility index (Phi) is 5.40. The zero-order valence-corrected chi connectivity index (χ0v) is 11.9. The Labute approximate surface area is 114 Å². The van der Waals surface area contributed by atoms with E-state index < -0.39 is 5.97 Å². The third-order valence-corrected chi connectivity index (χ3v) is 3.06. The summed E-state index contributed by atoms with van der Waals surface area (Å²) >= 11 is 2.10. The Morgan fingerprint density at radius 3 is 2.59 bits per heavy atom. The van der Waals surface area contributed by atoms with Crippen LogP contribution in [0, 0.1) is 3.57 Å². The molecule has 0 bridgehead atoms. The Morgan fingerprint density at radius 2 is 2.00 bits per heavy atom. The van der Waals surface area contributed by atoms with Crippen LogP contribution in [0.5, 0.6) is 0 Å². The number of likely N-dealkylation sites (N-methyl/N-ethyl adjacent to an activating group) is 1. The van der Waals surface area contributed by atoms with E-state index in [1.807, 2.05) is 12.1 Å². The summed E-state index contributed by atoms with van der Waals surface area (Å²) in [7, 11) is 1.59. The maximum atomic E-state index is 12.0. The lowest BCUT2D eigenvalue weighted by atomic mass is 10.2. The fourth-order valence-corrected chi connectivity index (χ4v) is 1.93. The molecule has 0 unspecified atom stereocenters. The molecule has 92 valence electrons. The van der Waals surface area contributed by atoms with E-state index in [1.54, 1.807) is 26.1 Å². The van der Waals surface area contributed by atoms with Gasteiger partial charge < -0.3 is 9.64 Å². The van der Waals surface area contributed by atoms with Gasteiger partial charge in [0.05, 0.1) is 12.2 Å². The van der Waals surface area contributed by atoms with Gasteiger partial charge in [-0.3, -0.25) is 9.59 Å². The number of halogens is 1. The Bertz CT molecular complexity index is 420. The molecule has 0 aliphatic heterocycles. The van der Waals surface area contributed by atoms with Crippen molar-refractivity contribution in [2.45, 2.75) is 6.92 Å². The van der Waals surface area contributed by atoms with Gasteiger partial charge in [-0.25, -0.2) is 0 Å². The largest absolute Gasteiger partial charge is 0.465 e. The van der Waals surface area contributed by atoms with E-state index in [4.69, 9.17) is 4.74 Å². The standard InChI is InChI=1S/C12H14INO3/c1-3-17-11(15)8-14(2)12(16)9-6-4-5-7-10(9)13/h4-7H,3,8H2,1-2H3. The second-order valence-electron chi connectivity index (χ2n) is 3.45. The van der Waals surface area contributed by atoms with Crippen molar-refractivity contribution in [3.8, 4) is 0 Å². The normalized spacial score (nSPS) is 9.82. The topological polar surface area (TPSA) is 46.6 Å². The Morgan fingerprint density at radius 1 is 1.35 bits per heavy atom. The van der Waals surface area contributed by atoms with Gasteiger partial charge in [-0.05, 0) is 41.6 Å². The van der Waals surface area contributed by atoms with Crippen molar-refractivity contribution < 1.29 is 14.3 Å². The highest BCUT2D eigenvalue weighted by Gasteiger charge is 2.17. The van der Waals surface area contributed by atoms with Crippen molar-refractivity contribution in [1.82, 2.24) is 4.90 Å². The molecule has 1 aromatic carbocycles. The number of hydrogen-bond acceptors (Lipinski definition) is 3. The van der Waals surface area contributed by atoms with Gasteiger partial charge in [0.2, 0.25) is 0 Å². The highest BCUT2D eigenvalue weighted by molar-refractivity contribution is 14.1. The summed E-state index contributed by atoms with van der Waals surface area (Å²) < 4.78 is 5.66. The van der Waals surface area contributed by atoms with Crippen LogP contribution in [0.25, 0.3) is 0 Å². The monoisotopic (exact) mass is 347 g/mol. The molecule has 0 atom stereocenters. The quantitative estimate of drug-likeness (QED) is 0.618. The molecule has 0 N–H and O–H groups in total. The van der Waals surface area contributed by atoms with Gasteiger partial charge in [0.1, 0.15) is 6.54 Å². The Hall–Kier alpha value is -1.11. The second-order valence-corrected chi connectivity index (χ2v) is 4.61. The average Bonchev–Trinajstić information content (AvgIpc) is 2.29. The molecule has 0 aromatic heterocycles. The molecule has 17 heavy (non-hydrogen) atoms. The van der Waals surface area contributed by atoms with Crippen LogP contribution in [0.2, 0.25) is 0 Å². The number of ether oxygens (including phenoxy) is 1. The first-order valence-corrected chi connectivity index (χ1v) is 6.29. The summed E-state index contributed by atoms with van der Waals surface area (Å²) in [5.74, 6) is -0.572. The van der Waals surface area contributed by atoms with Crippen molar-refractivity contribution in [1.29, 1.82) is 0 Å². The smallest absolute Gasteiger partial charge is 0.325 e. The number of nitrogens with zero attached hydrogens (tertiary/aromatic N) is 1. The number of rotatable bonds is 4. The van der Waals surface area contributed by atoms with Crippen LogP contribution in [0.3, 0.4) is 0 Å². The molecule has 0 saturated heterocycles. The first kappa shape index (κ1) is 14.0. The predicted molar refractivity (Wildman–Crippen MR) is 72.8 cm³/mol. The van der Waals surface area contributed by atoms with Crippen LogP contribution >= 0.6 is 22.6 Å². The van der Waals surface area contributed by atoms with Crippen molar-refractivity contribution in [2.24, 2.45) is 0 Å². The van der Waals surface area contributed by atoms with E-state index in [2.05, 4.69) is 22.6 Å². The van der Waals surface area contributed by atoms with Crippen molar-refractivity contribution in [3.05, 3.63) is 33.4 Å². The maximum absolute atomic E-state index is 12.0.